The lowest BCUT2D eigenvalue weighted by Gasteiger charge is -2.23. The number of nitrogens with one attached hydrogen (secondary N) is 1. The van der Waals surface area contributed by atoms with Gasteiger partial charge in [-0.1, -0.05) is 41.7 Å². The second-order valence-corrected chi connectivity index (χ2v) is 8.64. The van der Waals surface area contributed by atoms with Crippen LogP contribution < -0.4 is 10.2 Å². The molecule has 1 saturated heterocycles. The van der Waals surface area contributed by atoms with Crippen molar-refractivity contribution in [2.45, 2.75) is 44.7 Å². The molecule has 1 aliphatic heterocycles. The highest BCUT2D eigenvalue weighted by molar-refractivity contribution is 7.22. The van der Waals surface area contributed by atoms with E-state index >= 15 is 0 Å². The van der Waals surface area contributed by atoms with Crippen molar-refractivity contribution in [1.29, 1.82) is 5.26 Å². The first kappa shape index (κ1) is 19.3. The third-order valence-corrected chi connectivity index (χ3v) is 6.25. The lowest BCUT2D eigenvalue weighted by Crippen LogP contribution is -2.43. The Morgan fingerprint density at radius 2 is 2.14 bits per heavy atom. The molecule has 7 nitrogen and oxygen atoms in total. The van der Waals surface area contributed by atoms with E-state index in [1.807, 2.05) is 44.2 Å². The zero-order chi connectivity index (χ0) is 20.4. The first-order valence-electron chi connectivity index (χ1n) is 9.61. The lowest BCUT2D eigenvalue weighted by atomic mass is 9.91. The van der Waals surface area contributed by atoms with E-state index in [2.05, 4.69) is 31.2 Å². The van der Waals surface area contributed by atoms with Crippen LogP contribution in [-0.4, -0.2) is 33.4 Å². The largest absolute Gasteiger partial charge is 0.350 e. The predicted octanol–water partition coefficient (Wildman–Crippen LogP) is 3.17. The van der Waals surface area contributed by atoms with E-state index in [0.717, 1.165) is 34.8 Å². The molecule has 0 radical (unpaired) electrons. The Morgan fingerprint density at radius 1 is 1.34 bits per heavy atom. The van der Waals surface area contributed by atoms with Crippen LogP contribution in [0.1, 0.15) is 37.9 Å². The first-order chi connectivity index (χ1) is 14.0. The van der Waals surface area contributed by atoms with E-state index in [1.54, 1.807) is 0 Å². The summed E-state index contributed by atoms with van der Waals surface area (Å²) < 4.78 is 0.810. The Hall–Kier alpha value is -3.05. The summed E-state index contributed by atoms with van der Waals surface area (Å²) in [7, 11) is 0. The molecule has 29 heavy (non-hydrogen) atoms. The summed E-state index contributed by atoms with van der Waals surface area (Å²) in [4.78, 5) is 28.2. The van der Waals surface area contributed by atoms with Gasteiger partial charge in [-0.25, -0.2) is 9.97 Å². The summed E-state index contributed by atoms with van der Waals surface area (Å²) in [6.45, 7) is 4.96. The smallest absolute Gasteiger partial charge is 0.243 e. The van der Waals surface area contributed by atoms with Crippen molar-refractivity contribution in [3.05, 3.63) is 47.9 Å². The van der Waals surface area contributed by atoms with Crippen molar-refractivity contribution in [3.63, 3.8) is 0 Å². The first-order valence-corrected chi connectivity index (χ1v) is 10.4. The fraction of sp³-hybridized carbons (Fsp3) is 0.381. The highest BCUT2D eigenvalue weighted by Crippen LogP contribution is 2.37. The number of benzene rings is 1. The molecule has 148 valence electrons. The number of fused-ring (bicyclic) bond motifs is 1. The molecule has 0 aliphatic carbocycles. The highest BCUT2D eigenvalue weighted by Gasteiger charge is 2.34. The summed E-state index contributed by atoms with van der Waals surface area (Å²) in [5.41, 5.74) is 1.60. The topological polar surface area (TPSA) is 94.8 Å². The van der Waals surface area contributed by atoms with E-state index < -0.39 is 5.41 Å². The molecular weight excluding hydrogens is 384 g/mol. The third kappa shape index (κ3) is 3.78. The number of hydrogen-bond acceptors (Lipinski definition) is 7. The molecule has 1 N–H and O–H groups in total. The number of carbonyl (C=O) groups excluding carboxylic acids is 1. The van der Waals surface area contributed by atoms with Crippen LogP contribution in [0.3, 0.4) is 0 Å². The molecule has 4 rings (SSSR count). The van der Waals surface area contributed by atoms with Gasteiger partial charge in [0.15, 0.2) is 10.8 Å². The van der Waals surface area contributed by atoms with Crippen molar-refractivity contribution < 1.29 is 4.79 Å². The number of aromatic nitrogens is 3. The number of rotatable bonds is 5. The summed E-state index contributed by atoms with van der Waals surface area (Å²) in [6.07, 6.45) is 3.18. The zero-order valence-corrected chi connectivity index (χ0v) is 17.2. The van der Waals surface area contributed by atoms with Gasteiger partial charge < -0.3 is 10.2 Å². The Morgan fingerprint density at radius 3 is 2.90 bits per heavy atom. The van der Waals surface area contributed by atoms with Gasteiger partial charge in [-0.3, -0.25) is 4.79 Å². The second kappa shape index (κ2) is 7.76. The summed E-state index contributed by atoms with van der Waals surface area (Å²) in [5, 5.41) is 13.3. The molecule has 1 unspecified atom stereocenters. The lowest BCUT2D eigenvalue weighted by molar-refractivity contribution is -0.122. The number of hydrogen-bond donors (Lipinski definition) is 1. The number of nitrogens with zero attached hydrogens (tertiary/aromatic N) is 5. The molecule has 3 heterocycles. The normalized spacial score (nSPS) is 16.7. The standard InChI is InChI=1S/C21H22N6OS/c1-21(2,12-22)17-16-18(25-13-24-17)26-20(29-16)27-10-6-9-15(27)19(28)23-11-14-7-4-3-5-8-14/h3-5,7-8,13,15H,6,9-11H2,1-2H3,(H,23,28). The molecule has 1 atom stereocenters. The SMILES string of the molecule is CC(C)(C#N)c1ncnc2nc(N3CCCC3C(=O)NCc3ccccc3)sc12. The number of anilines is 1. The molecule has 1 aliphatic rings. The predicted molar refractivity (Wildman–Crippen MR) is 113 cm³/mol. The summed E-state index contributed by atoms with van der Waals surface area (Å²) in [5.74, 6) is 0.00858. The van der Waals surface area contributed by atoms with Gasteiger partial charge in [-0.15, -0.1) is 0 Å². The van der Waals surface area contributed by atoms with E-state index in [0.29, 0.717) is 17.9 Å². The average Bonchev–Trinajstić information content (AvgIpc) is 3.39. The van der Waals surface area contributed by atoms with E-state index in [1.165, 1.54) is 17.7 Å². The highest BCUT2D eigenvalue weighted by atomic mass is 32.1. The zero-order valence-electron chi connectivity index (χ0n) is 16.4. The van der Waals surface area contributed by atoms with Crippen LogP contribution in [0.2, 0.25) is 0 Å². The van der Waals surface area contributed by atoms with Gasteiger partial charge in [0.25, 0.3) is 0 Å². The molecule has 0 saturated carbocycles. The third-order valence-electron chi connectivity index (χ3n) is 5.16. The Bertz CT molecular complexity index is 1070. The Labute approximate surface area is 173 Å². The fourth-order valence-corrected chi connectivity index (χ4v) is 4.78. The molecule has 1 aromatic carbocycles. The van der Waals surface area contributed by atoms with Gasteiger partial charge in [-0.2, -0.15) is 10.2 Å². The number of amides is 1. The molecular formula is C21H22N6OS. The van der Waals surface area contributed by atoms with Gasteiger partial charge in [-0.05, 0) is 32.3 Å². The van der Waals surface area contributed by atoms with Gasteiger partial charge in [0, 0.05) is 13.1 Å². The van der Waals surface area contributed by atoms with Gasteiger partial charge >= 0.3 is 0 Å². The van der Waals surface area contributed by atoms with Crippen molar-refractivity contribution in [2.24, 2.45) is 0 Å². The molecule has 0 bridgehead atoms. The minimum atomic E-state index is -0.734. The van der Waals surface area contributed by atoms with Gasteiger partial charge in [0.05, 0.1) is 21.9 Å². The maximum Gasteiger partial charge on any atom is 0.243 e. The monoisotopic (exact) mass is 406 g/mol. The van der Waals surface area contributed by atoms with Crippen molar-refractivity contribution >= 4 is 32.7 Å². The van der Waals surface area contributed by atoms with Gasteiger partial charge in [0.2, 0.25) is 5.91 Å². The Kier molecular flexibility index (Phi) is 5.16. The number of carbonyl (C=O) groups is 1. The van der Waals surface area contributed by atoms with Gasteiger partial charge in [0.1, 0.15) is 12.4 Å². The second-order valence-electron chi connectivity index (χ2n) is 7.66. The van der Waals surface area contributed by atoms with E-state index in [-0.39, 0.29) is 11.9 Å². The van der Waals surface area contributed by atoms with Crippen LogP contribution in [0, 0.1) is 11.3 Å². The van der Waals surface area contributed by atoms with Crippen molar-refractivity contribution in [3.8, 4) is 6.07 Å². The maximum atomic E-state index is 12.8. The number of nitriles is 1. The molecule has 0 spiro atoms. The fourth-order valence-electron chi connectivity index (χ4n) is 3.53. The molecule has 3 aromatic rings. The Balaban J connectivity index is 1.57. The summed E-state index contributed by atoms with van der Waals surface area (Å²) in [6, 6.07) is 11.9. The van der Waals surface area contributed by atoms with Crippen LogP contribution in [-0.2, 0) is 16.8 Å². The minimum absolute atomic E-state index is 0.00858. The average molecular weight is 407 g/mol. The molecule has 2 aromatic heterocycles. The van der Waals surface area contributed by atoms with E-state index in [4.69, 9.17) is 0 Å². The van der Waals surface area contributed by atoms with Crippen molar-refractivity contribution in [2.75, 3.05) is 11.4 Å². The molecule has 1 amide bonds. The minimum Gasteiger partial charge on any atom is -0.350 e. The van der Waals surface area contributed by atoms with Crippen LogP contribution in [0.15, 0.2) is 36.7 Å². The quantitative estimate of drug-likeness (QED) is 0.699. The maximum absolute atomic E-state index is 12.8. The molecule has 8 heteroatoms. The van der Waals surface area contributed by atoms with Crippen LogP contribution >= 0.6 is 11.3 Å². The van der Waals surface area contributed by atoms with Crippen LogP contribution in [0.25, 0.3) is 10.3 Å². The van der Waals surface area contributed by atoms with Crippen LogP contribution in [0.4, 0.5) is 5.13 Å². The van der Waals surface area contributed by atoms with E-state index in [9.17, 15) is 10.1 Å². The van der Waals surface area contributed by atoms with Crippen LogP contribution in [0.5, 0.6) is 0 Å². The molecule has 1 fully saturated rings. The number of thiazole rings is 1. The summed E-state index contributed by atoms with van der Waals surface area (Å²) >= 11 is 1.46. The van der Waals surface area contributed by atoms with Crippen molar-refractivity contribution in [1.82, 2.24) is 20.3 Å².